The van der Waals surface area contributed by atoms with Gasteiger partial charge in [0.15, 0.2) is 11.9 Å². The molecule has 0 aliphatic carbocycles. The molecule has 0 unspecified atom stereocenters. The van der Waals surface area contributed by atoms with E-state index >= 15 is 0 Å². The second-order valence-corrected chi connectivity index (χ2v) is 7.01. The Balaban J connectivity index is 2.02. The van der Waals surface area contributed by atoms with Gasteiger partial charge in [0.05, 0.1) is 12.7 Å². The molecule has 0 spiro atoms. The van der Waals surface area contributed by atoms with E-state index in [0.717, 1.165) is 11.3 Å². The number of hydrogen-bond acceptors (Lipinski definition) is 11. The summed E-state index contributed by atoms with van der Waals surface area (Å²) in [5.74, 6) is -0.857. The highest BCUT2D eigenvalue weighted by Gasteiger charge is 2.41. The van der Waals surface area contributed by atoms with E-state index in [1.165, 1.54) is 18.4 Å². The Morgan fingerprint density at radius 1 is 1.32 bits per heavy atom. The number of nitrogen functional groups attached to an aromatic ring is 1. The predicted molar refractivity (Wildman–Crippen MR) is 98.0 cm³/mol. The van der Waals surface area contributed by atoms with Crippen LogP contribution >= 0.6 is 11.3 Å². The number of esters is 2. The lowest BCUT2D eigenvalue weighted by molar-refractivity contribution is -0.152. The van der Waals surface area contributed by atoms with E-state index in [1.807, 2.05) is 0 Å². The molecule has 2 N–H and O–H groups in total. The van der Waals surface area contributed by atoms with E-state index < -0.39 is 35.2 Å². The first-order valence-corrected chi connectivity index (χ1v) is 9.39. The van der Waals surface area contributed by atoms with Crippen LogP contribution < -0.4 is 15.3 Å². The van der Waals surface area contributed by atoms with Crippen molar-refractivity contribution in [1.82, 2.24) is 14.5 Å². The zero-order chi connectivity index (χ0) is 20.4. The molecule has 3 rings (SSSR count). The third-order valence-electron chi connectivity index (χ3n) is 3.92. The molecule has 0 amide bonds. The molecule has 2 aromatic heterocycles. The van der Waals surface area contributed by atoms with Crippen LogP contribution in [0.4, 0.5) is 5.95 Å². The summed E-state index contributed by atoms with van der Waals surface area (Å²) in [4.78, 5) is 43.1. The van der Waals surface area contributed by atoms with Crippen LogP contribution in [-0.2, 0) is 23.8 Å². The summed E-state index contributed by atoms with van der Waals surface area (Å²) < 4.78 is 23.3. The van der Waals surface area contributed by atoms with E-state index in [2.05, 4.69) is 9.97 Å². The SMILES string of the molecule is CCOc1nc(N)nc2c1sc(=O)n2[C@@H]1O[C@H](COC(C)=O)C[C@H]1OC(C)=O. The molecular formula is C16H20N4O7S. The summed E-state index contributed by atoms with van der Waals surface area (Å²) in [6.07, 6.45) is -2.01. The first-order valence-electron chi connectivity index (χ1n) is 8.57. The Kier molecular flexibility index (Phi) is 5.79. The molecule has 3 atom stereocenters. The van der Waals surface area contributed by atoms with Crippen LogP contribution in [0.15, 0.2) is 4.79 Å². The van der Waals surface area contributed by atoms with Crippen molar-refractivity contribution in [1.29, 1.82) is 0 Å². The third kappa shape index (κ3) is 4.07. The van der Waals surface area contributed by atoms with Crippen molar-refractivity contribution >= 4 is 39.6 Å². The van der Waals surface area contributed by atoms with Crippen LogP contribution in [-0.4, -0.2) is 51.9 Å². The van der Waals surface area contributed by atoms with Gasteiger partial charge in [0.25, 0.3) is 0 Å². The first-order chi connectivity index (χ1) is 13.3. The Morgan fingerprint density at radius 3 is 2.71 bits per heavy atom. The standard InChI is InChI=1S/C16H20N4O7S/c1-4-24-13-11-12(18-15(17)19-13)20(16(23)28-11)14-10(26-8(3)22)5-9(27-14)6-25-7(2)21/h9-10,14H,4-6H2,1-3H3,(H2,17,18,19)/t9-,10+,14+/m0/s1. The van der Waals surface area contributed by atoms with Gasteiger partial charge in [-0.1, -0.05) is 11.3 Å². The summed E-state index contributed by atoms with van der Waals surface area (Å²) in [6.45, 7) is 4.63. The van der Waals surface area contributed by atoms with Gasteiger partial charge in [0, 0.05) is 20.3 Å². The van der Waals surface area contributed by atoms with Gasteiger partial charge in [-0.2, -0.15) is 9.97 Å². The minimum Gasteiger partial charge on any atom is -0.477 e. The van der Waals surface area contributed by atoms with Crippen molar-refractivity contribution in [3.63, 3.8) is 0 Å². The number of carbonyl (C=O) groups excluding carboxylic acids is 2. The fourth-order valence-corrected chi connectivity index (χ4v) is 3.84. The van der Waals surface area contributed by atoms with Gasteiger partial charge in [-0.05, 0) is 6.92 Å². The number of fused-ring (bicyclic) bond motifs is 1. The number of rotatable bonds is 6. The number of thiazole rings is 1. The molecule has 12 heteroatoms. The molecule has 1 saturated heterocycles. The Hall–Kier alpha value is -2.73. The summed E-state index contributed by atoms with van der Waals surface area (Å²) in [6, 6.07) is 0. The Morgan fingerprint density at radius 2 is 2.07 bits per heavy atom. The molecular weight excluding hydrogens is 392 g/mol. The minimum atomic E-state index is -0.950. The molecule has 1 aliphatic heterocycles. The number of nitrogens with two attached hydrogens (primary N) is 1. The maximum atomic E-state index is 12.7. The zero-order valence-corrected chi connectivity index (χ0v) is 16.4. The van der Waals surface area contributed by atoms with Gasteiger partial charge in [-0.25, -0.2) is 0 Å². The normalized spacial score (nSPS) is 21.6. The van der Waals surface area contributed by atoms with Gasteiger partial charge in [-0.3, -0.25) is 19.0 Å². The van der Waals surface area contributed by atoms with Crippen LogP contribution in [0.25, 0.3) is 10.3 Å². The van der Waals surface area contributed by atoms with E-state index in [4.69, 9.17) is 24.7 Å². The second-order valence-electron chi connectivity index (χ2n) is 6.05. The number of ether oxygens (including phenoxy) is 4. The lowest BCUT2D eigenvalue weighted by atomic mass is 10.2. The number of anilines is 1. The lowest BCUT2D eigenvalue weighted by Gasteiger charge is -2.19. The molecule has 3 heterocycles. The van der Waals surface area contributed by atoms with E-state index in [9.17, 15) is 14.4 Å². The smallest absolute Gasteiger partial charge is 0.311 e. The van der Waals surface area contributed by atoms with Gasteiger partial charge in [0.1, 0.15) is 17.4 Å². The maximum absolute atomic E-state index is 12.7. The largest absolute Gasteiger partial charge is 0.477 e. The number of hydrogen-bond donors (Lipinski definition) is 1. The van der Waals surface area contributed by atoms with E-state index in [0.29, 0.717) is 11.3 Å². The highest BCUT2D eigenvalue weighted by Crippen LogP contribution is 2.35. The van der Waals surface area contributed by atoms with Gasteiger partial charge >= 0.3 is 16.8 Å². The van der Waals surface area contributed by atoms with Gasteiger partial charge in [0.2, 0.25) is 11.8 Å². The number of nitrogens with zero attached hydrogens (tertiary/aromatic N) is 3. The molecule has 0 bridgehead atoms. The lowest BCUT2D eigenvalue weighted by Crippen LogP contribution is -2.30. The average Bonchev–Trinajstić information content (AvgIpc) is 3.12. The average molecular weight is 412 g/mol. The quantitative estimate of drug-likeness (QED) is 0.670. The fourth-order valence-electron chi connectivity index (χ4n) is 2.95. The van der Waals surface area contributed by atoms with Crippen molar-refractivity contribution in [3.05, 3.63) is 9.67 Å². The van der Waals surface area contributed by atoms with E-state index in [-0.39, 0.29) is 30.5 Å². The van der Waals surface area contributed by atoms with Crippen LogP contribution in [0, 0.1) is 0 Å². The topological polar surface area (TPSA) is 145 Å². The zero-order valence-electron chi connectivity index (χ0n) is 15.5. The summed E-state index contributed by atoms with van der Waals surface area (Å²) >= 11 is 0.877. The molecule has 2 aromatic rings. The molecule has 152 valence electrons. The van der Waals surface area contributed by atoms with Crippen LogP contribution in [0.1, 0.15) is 33.4 Å². The van der Waals surface area contributed by atoms with Crippen molar-refractivity contribution in [3.8, 4) is 5.88 Å². The maximum Gasteiger partial charge on any atom is 0.311 e. The summed E-state index contributed by atoms with van der Waals surface area (Å²) in [5, 5.41) is 0. The fraction of sp³-hybridized carbons (Fsp3) is 0.562. The number of aromatic nitrogens is 3. The Labute approximate surface area is 163 Å². The Bertz CT molecular complexity index is 956. The monoisotopic (exact) mass is 412 g/mol. The van der Waals surface area contributed by atoms with Crippen LogP contribution in [0.2, 0.25) is 0 Å². The van der Waals surface area contributed by atoms with Gasteiger partial charge in [-0.15, -0.1) is 0 Å². The molecule has 0 aromatic carbocycles. The molecule has 11 nitrogen and oxygen atoms in total. The van der Waals surface area contributed by atoms with Crippen LogP contribution in [0.5, 0.6) is 5.88 Å². The van der Waals surface area contributed by atoms with Crippen molar-refractivity contribution in [2.75, 3.05) is 18.9 Å². The summed E-state index contributed by atoms with van der Waals surface area (Å²) in [7, 11) is 0. The first kappa shape index (κ1) is 20.0. The van der Waals surface area contributed by atoms with Crippen molar-refractivity contribution < 1.29 is 28.5 Å². The second kappa shape index (κ2) is 8.10. The number of carbonyl (C=O) groups is 2. The van der Waals surface area contributed by atoms with Gasteiger partial charge < -0.3 is 24.7 Å². The predicted octanol–water partition coefficient (Wildman–Crippen LogP) is 0.616. The molecule has 1 fully saturated rings. The highest BCUT2D eigenvalue weighted by atomic mass is 32.1. The molecule has 1 aliphatic rings. The highest BCUT2D eigenvalue weighted by molar-refractivity contribution is 7.16. The van der Waals surface area contributed by atoms with Crippen molar-refractivity contribution in [2.24, 2.45) is 0 Å². The molecule has 0 radical (unpaired) electrons. The molecule has 0 saturated carbocycles. The third-order valence-corrected chi connectivity index (χ3v) is 4.85. The van der Waals surface area contributed by atoms with E-state index in [1.54, 1.807) is 6.92 Å². The summed E-state index contributed by atoms with van der Waals surface area (Å²) in [5.41, 5.74) is 5.98. The van der Waals surface area contributed by atoms with Crippen molar-refractivity contribution in [2.45, 2.75) is 45.6 Å². The van der Waals surface area contributed by atoms with Crippen LogP contribution in [0.3, 0.4) is 0 Å². The molecule has 28 heavy (non-hydrogen) atoms. The minimum absolute atomic E-state index is 0.0261.